The van der Waals surface area contributed by atoms with Crippen LogP contribution in [0.1, 0.15) is 37.1 Å². The largest absolute Gasteiger partial charge is 0.453 e. The first-order valence-corrected chi connectivity index (χ1v) is 8.83. The molecule has 0 amide bonds. The summed E-state index contributed by atoms with van der Waals surface area (Å²) in [5.74, 6) is -0.791. The van der Waals surface area contributed by atoms with Crippen molar-refractivity contribution in [3.05, 3.63) is 63.4 Å². The molecule has 1 N–H and O–H groups in total. The molecular formula is C18H19N3O3S. The number of H-pyrrole nitrogens is 1. The van der Waals surface area contributed by atoms with E-state index in [4.69, 9.17) is 4.74 Å². The first-order valence-electron chi connectivity index (χ1n) is 7.95. The maximum Gasteiger partial charge on any atom is 0.356 e. The van der Waals surface area contributed by atoms with Crippen molar-refractivity contribution in [2.24, 2.45) is 0 Å². The van der Waals surface area contributed by atoms with Crippen molar-refractivity contribution in [3.8, 4) is 0 Å². The van der Waals surface area contributed by atoms with Gasteiger partial charge in [-0.2, -0.15) is 5.10 Å². The summed E-state index contributed by atoms with van der Waals surface area (Å²) in [5.41, 5.74) is 2.75. The fourth-order valence-corrected chi connectivity index (χ4v) is 3.46. The number of hydrogen-bond acceptors (Lipinski definition) is 5. The highest BCUT2D eigenvalue weighted by Crippen LogP contribution is 2.18. The van der Waals surface area contributed by atoms with Gasteiger partial charge in [-0.05, 0) is 43.8 Å². The maximum atomic E-state index is 12.4. The third-order valence-corrected chi connectivity index (χ3v) is 5.03. The van der Waals surface area contributed by atoms with Gasteiger partial charge in [0, 0.05) is 34.6 Å². The first-order chi connectivity index (χ1) is 12.1. The highest BCUT2D eigenvalue weighted by Gasteiger charge is 2.18. The molecule has 0 fully saturated rings. The molecule has 3 rings (SSSR count). The van der Waals surface area contributed by atoms with Crippen molar-refractivity contribution in [1.82, 2.24) is 14.8 Å². The van der Waals surface area contributed by atoms with Crippen molar-refractivity contribution in [2.45, 2.75) is 26.8 Å². The fraction of sp³-hybridized carbons (Fsp3) is 0.278. The molecule has 0 bridgehead atoms. The predicted molar refractivity (Wildman–Crippen MR) is 95.1 cm³/mol. The zero-order valence-corrected chi connectivity index (χ0v) is 14.9. The molecule has 0 aliphatic heterocycles. The van der Waals surface area contributed by atoms with Crippen LogP contribution in [0.2, 0.25) is 0 Å². The number of esters is 1. The van der Waals surface area contributed by atoms with Crippen LogP contribution in [0.3, 0.4) is 0 Å². The molecule has 6 nitrogen and oxygen atoms in total. The molecule has 3 aromatic heterocycles. The van der Waals surface area contributed by atoms with Crippen molar-refractivity contribution < 1.29 is 14.3 Å². The van der Waals surface area contributed by atoms with Gasteiger partial charge in [-0.25, -0.2) is 4.79 Å². The number of nitrogens with one attached hydrogen (secondary N) is 1. The number of thiophene rings is 1. The number of ketones is 1. The van der Waals surface area contributed by atoms with Gasteiger partial charge in [0.25, 0.3) is 0 Å². The van der Waals surface area contributed by atoms with E-state index in [0.29, 0.717) is 5.56 Å². The standard InChI is InChI=1S/C18H19N3O3S/c1-12-10-15(13(2)21(12)8-6-14-4-3-9-25-14)17(22)11-24-18(23)16-5-7-19-20-16/h3-5,7,9-10H,6,8,11H2,1-2H3,(H,19,20). The molecule has 7 heteroatoms. The Morgan fingerprint density at radius 2 is 2.16 bits per heavy atom. The lowest BCUT2D eigenvalue weighted by Gasteiger charge is -2.09. The third-order valence-electron chi connectivity index (χ3n) is 4.09. The molecule has 0 saturated heterocycles. The number of hydrogen-bond donors (Lipinski definition) is 1. The molecule has 130 valence electrons. The second kappa shape index (κ2) is 7.48. The van der Waals surface area contributed by atoms with Gasteiger partial charge in [-0.1, -0.05) is 6.07 Å². The number of carbonyl (C=O) groups is 2. The normalized spacial score (nSPS) is 10.8. The molecule has 0 aromatic carbocycles. The van der Waals surface area contributed by atoms with E-state index in [2.05, 4.69) is 26.2 Å². The van der Waals surface area contributed by atoms with E-state index in [0.717, 1.165) is 24.4 Å². The van der Waals surface area contributed by atoms with E-state index in [1.807, 2.05) is 26.0 Å². The molecule has 0 aliphatic carbocycles. The van der Waals surface area contributed by atoms with Crippen LogP contribution < -0.4 is 0 Å². The number of ether oxygens (including phenoxy) is 1. The van der Waals surface area contributed by atoms with E-state index in [1.165, 1.54) is 17.1 Å². The number of aryl methyl sites for hydroxylation is 2. The van der Waals surface area contributed by atoms with Crippen LogP contribution in [0.4, 0.5) is 0 Å². The summed E-state index contributed by atoms with van der Waals surface area (Å²) in [6, 6.07) is 7.51. The van der Waals surface area contributed by atoms with Crippen LogP contribution >= 0.6 is 11.3 Å². The minimum Gasteiger partial charge on any atom is -0.453 e. The highest BCUT2D eigenvalue weighted by atomic mass is 32.1. The summed E-state index contributed by atoms with van der Waals surface area (Å²) in [6.07, 6.45) is 2.39. The van der Waals surface area contributed by atoms with E-state index in [1.54, 1.807) is 11.3 Å². The van der Waals surface area contributed by atoms with Gasteiger partial charge in [0.2, 0.25) is 5.78 Å². The Bertz CT molecular complexity index is 864. The Labute approximate surface area is 149 Å². The van der Waals surface area contributed by atoms with Gasteiger partial charge < -0.3 is 9.30 Å². The molecule has 0 atom stereocenters. The van der Waals surface area contributed by atoms with Gasteiger partial charge in [0.05, 0.1) is 0 Å². The lowest BCUT2D eigenvalue weighted by Crippen LogP contribution is -2.15. The summed E-state index contributed by atoms with van der Waals surface area (Å²) < 4.78 is 7.19. The molecule has 0 spiro atoms. The zero-order chi connectivity index (χ0) is 17.8. The van der Waals surface area contributed by atoms with Crippen LogP contribution in [-0.2, 0) is 17.7 Å². The summed E-state index contributed by atoms with van der Waals surface area (Å²) in [7, 11) is 0. The van der Waals surface area contributed by atoms with Crippen LogP contribution in [0.25, 0.3) is 0 Å². The van der Waals surface area contributed by atoms with Gasteiger partial charge >= 0.3 is 5.97 Å². The van der Waals surface area contributed by atoms with Crippen LogP contribution in [0, 0.1) is 13.8 Å². The lowest BCUT2D eigenvalue weighted by atomic mass is 10.1. The summed E-state index contributed by atoms with van der Waals surface area (Å²) in [4.78, 5) is 25.5. The van der Waals surface area contributed by atoms with Crippen molar-refractivity contribution >= 4 is 23.1 Å². The number of nitrogens with zero attached hydrogens (tertiary/aromatic N) is 2. The van der Waals surface area contributed by atoms with Crippen molar-refractivity contribution in [3.63, 3.8) is 0 Å². The van der Waals surface area contributed by atoms with Crippen molar-refractivity contribution in [2.75, 3.05) is 6.61 Å². The molecule has 0 aliphatic rings. The Morgan fingerprint density at radius 3 is 2.84 bits per heavy atom. The number of rotatable bonds is 7. The SMILES string of the molecule is Cc1cc(C(=O)COC(=O)c2ccn[nH]2)c(C)n1CCc1cccs1. The monoisotopic (exact) mass is 357 g/mol. The summed E-state index contributed by atoms with van der Waals surface area (Å²) in [5, 5.41) is 8.27. The topological polar surface area (TPSA) is 77.0 Å². The zero-order valence-electron chi connectivity index (χ0n) is 14.1. The lowest BCUT2D eigenvalue weighted by molar-refractivity contribution is 0.0468. The maximum absolute atomic E-state index is 12.4. The number of Topliss-reactive ketones (excluding diaryl/α,β-unsaturated/α-hetero) is 1. The molecule has 25 heavy (non-hydrogen) atoms. The highest BCUT2D eigenvalue weighted by molar-refractivity contribution is 7.09. The van der Waals surface area contributed by atoms with Gasteiger partial charge in [-0.3, -0.25) is 9.89 Å². The second-order valence-electron chi connectivity index (χ2n) is 5.74. The average molecular weight is 357 g/mol. The van der Waals surface area contributed by atoms with E-state index < -0.39 is 5.97 Å². The quantitative estimate of drug-likeness (QED) is 0.520. The fourth-order valence-electron chi connectivity index (χ4n) is 2.76. The van der Waals surface area contributed by atoms with Crippen LogP contribution in [0.15, 0.2) is 35.8 Å². The number of aromatic amines is 1. The van der Waals surface area contributed by atoms with Crippen molar-refractivity contribution in [1.29, 1.82) is 0 Å². The smallest absolute Gasteiger partial charge is 0.356 e. The average Bonchev–Trinajstić information content (AvgIpc) is 3.33. The molecule has 0 unspecified atom stereocenters. The molecule has 3 aromatic rings. The summed E-state index contributed by atoms with van der Waals surface area (Å²) in [6.45, 7) is 4.44. The van der Waals surface area contributed by atoms with E-state index in [-0.39, 0.29) is 18.1 Å². The van der Waals surface area contributed by atoms with Crippen LogP contribution in [-0.4, -0.2) is 33.1 Å². The Balaban J connectivity index is 1.64. The minimum atomic E-state index is -0.586. The van der Waals surface area contributed by atoms with Gasteiger partial charge in [0.15, 0.2) is 6.61 Å². The van der Waals surface area contributed by atoms with Crippen LogP contribution in [0.5, 0.6) is 0 Å². The van der Waals surface area contributed by atoms with E-state index in [9.17, 15) is 9.59 Å². The third kappa shape index (κ3) is 3.88. The first kappa shape index (κ1) is 17.2. The van der Waals surface area contributed by atoms with Gasteiger partial charge in [0.1, 0.15) is 5.69 Å². The molecular weight excluding hydrogens is 338 g/mol. The Kier molecular flexibility index (Phi) is 5.14. The molecule has 3 heterocycles. The summed E-state index contributed by atoms with van der Waals surface area (Å²) >= 11 is 1.73. The Hall–Kier alpha value is -2.67. The number of aromatic nitrogens is 3. The number of carbonyl (C=O) groups excluding carboxylic acids is 2. The minimum absolute atomic E-state index is 0.205. The molecule has 0 saturated carbocycles. The van der Waals surface area contributed by atoms with E-state index >= 15 is 0 Å². The second-order valence-corrected chi connectivity index (χ2v) is 6.77. The van der Waals surface area contributed by atoms with Gasteiger partial charge in [-0.15, -0.1) is 11.3 Å². The Morgan fingerprint density at radius 1 is 1.32 bits per heavy atom. The molecule has 0 radical (unpaired) electrons. The predicted octanol–water partition coefficient (Wildman–Crippen LogP) is 3.17.